The number of benzene rings is 1. The molecule has 0 aliphatic carbocycles. The van der Waals surface area contributed by atoms with Crippen molar-refractivity contribution < 1.29 is 9.59 Å². The molecule has 1 aliphatic rings. The molecule has 3 rings (SSSR count). The van der Waals surface area contributed by atoms with E-state index < -0.39 is 0 Å². The van der Waals surface area contributed by atoms with E-state index in [2.05, 4.69) is 0 Å². The average Bonchev–Trinajstić information content (AvgIpc) is 3.15. The molecule has 1 atom stereocenters. The second kappa shape index (κ2) is 6.10. The number of thiophene rings is 1. The van der Waals surface area contributed by atoms with E-state index in [1.54, 1.807) is 24.1 Å². The maximum Gasteiger partial charge on any atom is 0.239 e. The van der Waals surface area contributed by atoms with Gasteiger partial charge in [0.05, 0.1) is 10.8 Å². The maximum absolute atomic E-state index is 12.6. The zero-order chi connectivity index (χ0) is 15.7. The summed E-state index contributed by atoms with van der Waals surface area (Å²) in [6.07, 6.45) is 3.51. The molecular formula is C17H15NO2S2. The van der Waals surface area contributed by atoms with Gasteiger partial charge in [-0.15, -0.1) is 23.1 Å². The highest BCUT2D eigenvalue weighted by Crippen LogP contribution is 2.43. The minimum Gasteiger partial charge on any atom is -0.314 e. The molecule has 0 fully saturated rings. The molecule has 2 heterocycles. The van der Waals surface area contributed by atoms with E-state index in [-0.39, 0.29) is 17.6 Å². The number of fused-ring (bicyclic) bond motifs is 1. The number of carbonyl (C=O) groups is 2. The predicted octanol–water partition coefficient (Wildman–Crippen LogP) is 3.94. The minimum absolute atomic E-state index is 0.0146. The summed E-state index contributed by atoms with van der Waals surface area (Å²) in [4.78, 5) is 28.1. The number of hydrogen-bond donors (Lipinski definition) is 0. The molecule has 0 saturated carbocycles. The second-order valence-electron chi connectivity index (χ2n) is 4.98. The van der Waals surface area contributed by atoms with Crippen molar-refractivity contribution in [1.29, 1.82) is 0 Å². The van der Waals surface area contributed by atoms with Crippen LogP contribution < -0.4 is 4.90 Å². The van der Waals surface area contributed by atoms with Gasteiger partial charge in [-0.3, -0.25) is 9.59 Å². The van der Waals surface area contributed by atoms with Crippen molar-refractivity contribution >= 4 is 40.5 Å². The third-order valence-corrected chi connectivity index (χ3v) is 5.45. The minimum atomic E-state index is -0.375. The number of ketones is 1. The molecule has 1 amide bonds. The standard InChI is InChI=1S/C17H15NO2S2/c1-18-12-7-4-3-6-11(12)16(17(18)20)15(21-2)10-13(19)14-8-5-9-22-14/h3-10,16H,1-2H3/b15-10-. The molecule has 2 aromatic rings. The first-order valence-corrected chi connectivity index (χ1v) is 8.94. The Labute approximate surface area is 137 Å². The van der Waals surface area contributed by atoms with Crippen molar-refractivity contribution in [2.75, 3.05) is 18.2 Å². The van der Waals surface area contributed by atoms with Crippen LogP contribution in [0.4, 0.5) is 5.69 Å². The Morgan fingerprint density at radius 2 is 2.05 bits per heavy atom. The molecule has 112 valence electrons. The van der Waals surface area contributed by atoms with Crippen LogP contribution in [0.2, 0.25) is 0 Å². The summed E-state index contributed by atoms with van der Waals surface area (Å²) in [5.74, 6) is -0.403. The van der Waals surface area contributed by atoms with E-state index in [9.17, 15) is 9.59 Å². The number of thioether (sulfide) groups is 1. The number of para-hydroxylation sites is 1. The van der Waals surface area contributed by atoms with Crippen LogP contribution in [0.3, 0.4) is 0 Å². The first kappa shape index (κ1) is 15.1. The molecule has 22 heavy (non-hydrogen) atoms. The molecule has 0 spiro atoms. The number of carbonyl (C=O) groups excluding carboxylic acids is 2. The van der Waals surface area contributed by atoms with E-state index in [1.807, 2.05) is 42.0 Å². The number of anilines is 1. The van der Waals surface area contributed by atoms with Crippen LogP contribution in [0, 0.1) is 0 Å². The van der Waals surface area contributed by atoms with E-state index in [0.29, 0.717) is 4.88 Å². The fraction of sp³-hybridized carbons (Fsp3) is 0.176. The molecule has 1 aromatic carbocycles. The van der Waals surface area contributed by atoms with Crippen LogP contribution in [-0.4, -0.2) is 25.0 Å². The molecule has 1 aromatic heterocycles. The fourth-order valence-corrected chi connectivity index (χ4v) is 3.96. The number of amides is 1. The van der Waals surface area contributed by atoms with E-state index in [4.69, 9.17) is 0 Å². The van der Waals surface area contributed by atoms with Crippen LogP contribution in [0.5, 0.6) is 0 Å². The smallest absolute Gasteiger partial charge is 0.239 e. The van der Waals surface area contributed by atoms with Gasteiger partial charge in [0.1, 0.15) is 0 Å². The summed E-state index contributed by atoms with van der Waals surface area (Å²) in [5, 5.41) is 1.88. The van der Waals surface area contributed by atoms with Gasteiger partial charge in [0.25, 0.3) is 0 Å². The Kier molecular flexibility index (Phi) is 4.18. The molecule has 1 aliphatic heterocycles. The SMILES string of the molecule is CS/C(=C\C(=O)c1cccs1)C1C(=O)N(C)c2ccccc21. The molecule has 1 unspecified atom stereocenters. The summed E-state index contributed by atoms with van der Waals surface area (Å²) in [5.41, 5.74) is 1.88. The van der Waals surface area contributed by atoms with Crippen LogP contribution in [-0.2, 0) is 4.79 Å². The van der Waals surface area contributed by atoms with E-state index in [1.165, 1.54) is 23.1 Å². The first-order valence-electron chi connectivity index (χ1n) is 6.83. The lowest BCUT2D eigenvalue weighted by Gasteiger charge is -2.13. The van der Waals surface area contributed by atoms with Gasteiger partial charge in [-0.2, -0.15) is 0 Å². The zero-order valence-electron chi connectivity index (χ0n) is 12.3. The zero-order valence-corrected chi connectivity index (χ0v) is 13.9. The van der Waals surface area contributed by atoms with Crippen LogP contribution >= 0.6 is 23.1 Å². The second-order valence-corrected chi connectivity index (χ2v) is 6.81. The summed E-state index contributed by atoms with van der Waals surface area (Å²) >= 11 is 2.87. The summed E-state index contributed by atoms with van der Waals surface area (Å²) in [6.45, 7) is 0. The Balaban J connectivity index is 2.01. The highest BCUT2D eigenvalue weighted by Gasteiger charge is 2.37. The van der Waals surface area contributed by atoms with Gasteiger partial charge >= 0.3 is 0 Å². The Bertz CT molecular complexity index is 750. The average molecular weight is 329 g/mol. The monoisotopic (exact) mass is 329 g/mol. The Morgan fingerprint density at radius 3 is 2.73 bits per heavy atom. The van der Waals surface area contributed by atoms with Crippen molar-refractivity contribution in [2.24, 2.45) is 0 Å². The lowest BCUT2D eigenvalue weighted by Crippen LogP contribution is -2.24. The Hall–Kier alpha value is -1.85. The van der Waals surface area contributed by atoms with Gasteiger partial charge in [0, 0.05) is 17.6 Å². The van der Waals surface area contributed by atoms with Gasteiger partial charge in [-0.25, -0.2) is 0 Å². The van der Waals surface area contributed by atoms with Crippen molar-refractivity contribution in [3.63, 3.8) is 0 Å². The van der Waals surface area contributed by atoms with Crippen molar-refractivity contribution in [2.45, 2.75) is 5.92 Å². The maximum atomic E-state index is 12.6. The highest BCUT2D eigenvalue weighted by atomic mass is 32.2. The Morgan fingerprint density at radius 1 is 1.27 bits per heavy atom. The first-order chi connectivity index (χ1) is 10.6. The number of rotatable bonds is 4. The predicted molar refractivity (Wildman–Crippen MR) is 92.8 cm³/mol. The van der Waals surface area contributed by atoms with Crippen molar-refractivity contribution in [3.05, 3.63) is 63.2 Å². The lowest BCUT2D eigenvalue weighted by atomic mass is 9.99. The highest BCUT2D eigenvalue weighted by molar-refractivity contribution is 8.02. The number of nitrogens with zero attached hydrogens (tertiary/aromatic N) is 1. The third-order valence-electron chi connectivity index (χ3n) is 3.74. The summed E-state index contributed by atoms with van der Waals surface area (Å²) in [7, 11) is 1.78. The summed E-state index contributed by atoms with van der Waals surface area (Å²) in [6, 6.07) is 11.4. The molecular weight excluding hydrogens is 314 g/mol. The lowest BCUT2D eigenvalue weighted by molar-refractivity contribution is -0.118. The van der Waals surface area contributed by atoms with Gasteiger partial charge in [-0.1, -0.05) is 24.3 Å². The van der Waals surface area contributed by atoms with E-state index in [0.717, 1.165) is 16.2 Å². The molecule has 3 nitrogen and oxygen atoms in total. The number of hydrogen-bond acceptors (Lipinski definition) is 4. The van der Waals surface area contributed by atoms with Gasteiger partial charge in [0.2, 0.25) is 5.91 Å². The van der Waals surface area contributed by atoms with Crippen LogP contribution in [0.15, 0.2) is 52.8 Å². The van der Waals surface area contributed by atoms with Crippen molar-refractivity contribution in [3.8, 4) is 0 Å². The van der Waals surface area contributed by atoms with Gasteiger partial charge in [0.15, 0.2) is 5.78 Å². The topological polar surface area (TPSA) is 37.4 Å². The molecule has 0 saturated heterocycles. The van der Waals surface area contributed by atoms with Gasteiger partial charge in [-0.05, 0) is 35.4 Å². The van der Waals surface area contributed by atoms with E-state index >= 15 is 0 Å². The number of likely N-dealkylation sites (N-methyl/N-ethyl adjacent to an activating group) is 1. The molecule has 0 bridgehead atoms. The van der Waals surface area contributed by atoms with Crippen LogP contribution in [0.25, 0.3) is 0 Å². The number of allylic oxidation sites excluding steroid dienone is 1. The molecule has 0 N–H and O–H groups in total. The molecule has 5 heteroatoms. The normalized spacial score (nSPS) is 17.7. The quantitative estimate of drug-likeness (QED) is 0.630. The third kappa shape index (κ3) is 2.51. The summed E-state index contributed by atoms with van der Waals surface area (Å²) < 4.78 is 0. The molecule has 0 radical (unpaired) electrons. The largest absolute Gasteiger partial charge is 0.314 e. The van der Waals surface area contributed by atoms with Crippen molar-refractivity contribution in [1.82, 2.24) is 0 Å². The fourth-order valence-electron chi connectivity index (χ4n) is 2.64. The van der Waals surface area contributed by atoms with Crippen LogP contribution in [0.1, 0.15) is 21.2 Å². The van der Waals surface area contributed by atoms with Gasteiger partial charge < -0.3 is 4.90 Å².